The molecule has 1 aromatic heterocycles. The van der Waals surface area contributed by atoms with Gasteiger partial charge in [-0.25, -0.2) is 4.98 Å². The molecule has 1 heterocycles. The van der Waals surface area contributed by atoms with Crippen LogP contribution in [0.15, 0.2) is 54.6 Å². The second kappa shape index (κ2) is 6.25. The molecule has 2 nitrogen and oxygen atoms in total. The minimum atomic E-state index is 0.600. The molecule has 0 spiro atoms. The standard InChI is InChI=1S/C16H15ClN2S/c17-10-11-19(12-13-6-2-1-3-7-13)16-18-14-8-4-5-9-15(14)20-16/h1-9H,10-12H2. The summed E-state index contributed by atoms with van der Waals surface area (Å²) in [7, 11) is 0. The topological polar surface area (TPSA) is 16.1 Å². The van der Waals surface area contributed by atoms with E-state index in [0.29, 0.717) is 5.88 Å². The third kappa shape index (κ3) is 2.94. The molecule has 0 aliphatic carbocycles. The Bertz CT molecular complexity index is 648. The SMILES string of the molecule is ClCCN(Cc1ccccc1)c1nc2ccccc2s1. The Morgan fingerprint density at radius 3 is 2.50 bits per heavy atom. The van der Waals surface area contributed by atoms with E-state index >= 15 is 0 Å². The van der Waals surface area contributed by atoms with Crippen molar-refractivity contribution in [2.45, 2.75) is 6.54 Å². The molecule has 0 radical (unpaired) electrons. The highest BCUT2D eigenvalue weighted by Crippen LogP contribution is 2.29. The van der Waals surface area contributed by atoms with Crippen molar-refractivity contribution in [3.63, 3.8) is 0 Å². The van der Waals surface area contributed by atoms with Crippen LogP contribution in [0.25, 0.3) is 10.2 Å². The number of hydrogen-bond acceptors (Lipinski definition) is 3. The number of thiazole rings is 1. The molecule has 0 amide bonds. The van der Waals surface area contributed by atoms with Gasteiger partial charge in [0.05, 0.1) is 10.2 Å². The molecule has 2 aromatic carbocycles. The van der Waals surface area contributed by atoms with E-state index in [4.69, 9.17) is 16.6 Å². The summed E-state index contributed by atoms with van der Waals surface area (Å²) in [5.74, 6) is 0.600. The third-order valence-corrected chi connectivity index (χ3v) is 4.39. The molecule has 102 valence electrons. The Morgan fingerprint density at radius 1 is 1.00 bits per heavy atom. The van der Waals surface area contributed by atoms with Crippen LogP contribution in [-0.4, -0.2) is 17.4 Å². The van der Waals surface area contributed by atoms with Gasteiger partial charge < -0.3 is 4.90 Å². The Balaban J connectivity index is 1.89. The summed E-state index contributed by atoms with van der Waals surface area (Å²) in [5, 5.41) is 1.04. The zero-order valence-electron chi connectivity index (χ0n) is 11.0. The summed E-state index contributed by atoms with van der Waals surface area (Å²) in [6.45, 7) is 1.64. The van der Waals surface area contributed by atoms with Gasteiger partial charge in [0.2, 0.25) is 0 Å². The molecule has 0 fully saturated rings. The summed E-state index contributed by atoms with van der Waals surface area (Å²) >= 11 is 7.67. The fourth-order valence-electron chi connectivity index (χ4n) is 2.14. The number of benzene rings is 2. The molecule has 0 atom stereocenters. The van der Waals surface area contributed by atoms with Crippen molar-refractivity contribution in [1.82, 2.24) is 4.98 Å². The van der Waals surface area contributed by atoms with E-state index in [1.54, 1.807) is 11.3 Å². The highest BCUT2D eigenvalue weighted by Gasteiger charge is 2.12. The number of alkyl halides is 1. The van der Waals surface area contributed by atoms with Crippen LogP contribution in [0, 0.1) is 0 Å². The largest absolute Gasteiger partial charge is 0.343 e. The van der Waals surface area contributed by atoms with Gasteiger partial charge in [0.15, 0.2) is 5.13 Å². The molecule has 4 heteroatoms. The van der Waals surface area contributed by atoms with Crippen LogP contribution in [-0.2, 0) is 6.54 Å². The highest BCUT2D eigenvalue weighted by atomic mass is 35.5. The predicted molar refractivity (Wildman–Crippen MR) is 87.8 cm³/mol. The maximum absolute atomic E-state index is 5.95. The lowest BCUT2D eigenvalue weighted by molar-refractivity contribution is 0.831. The van der Waals surface area contributed by atoms with E-state index in [1.165, 1.54) is 10.3 Å². The average Bonchev–Trinajstić information content (AvgIpc) is 2.92. The summed E-state index contributed by atoms with van der Waals surface area (Å²) in [6, 6.07) is 18.7. The maximum atomic E-state index is 5.95. The lowest BCUT2D eigenvalue weighted by atomic mass is 10.2. The van der Waals surface area contributed by atoms with Gasteiger partial charge in [-0.3, -0.25) is 0 Å². The Morgan fingerprint density at radius 2 is 1.75 bits per heavy atom. The number of fused-ring (bicyclic) bond motifs is 1. The van der Waals surface area contributed by atoms with E-state index in [0.717, 1.165) is 23.7 Å². The van der Waals surface area contributed by atoms with Crippen LogP contribution in [0.1, 0.15) is 5.56 Å². The molecule has 3 aromatic rings. The van der Waals surface area contributed by atoms with Gasteiger partial charge in [-0.2, -0.15) is 0 Å². The van der Waals surface area contributed by atoms with E-state index < -0.39 is 0 Å². The molecule has 0 aliphatic heterocycles. The first-order valence-corrected chi connectivity index (χ1v) is 7.92. The molecule has 0 bridgehead atoms. The van der Waals surface area contributed by atoms with Crippen molar-refractivity contribution in [2.24, 2.45) is 0 Å². The van der Waals surface area contributed by atoms with Crippen molar-refractivity contribution < 1.29 is 0 Å². The van der Waals surface area contributed by atoms with Crippen LogP contribution in [0.5, 0.6) is 0 Å². The smallest absolute Gasteiger partial charge is 0.186 e. The number of anilines is 1. The van der Waals surface area contributed by atoms with Crippen molar-refractivity contribution in [1.29, 1.82) is 0 Å². The van der Waals surface area contributed by atoms with E-state index in [1.807, 2.05) is 18.2 Å². The summed E-state index contributed by atoms with van der Waals surface area (Å²) < 4.78 is 1.22. The monoisotopic (exact) mass is 302 g/mol. The second-order valence-corrected chi connectivity index (χ2v) is 5.95. The summed E-state index contributed by atoms with van der Waals surface area (Å²) in [6.07, 6.45) is 0. The number of hydrogen-bond donors (Lipinski definition) is 0. The summed E-state index contributed by atoms with van der Waals surface area (Å²) in [5.41, 5.74) is 2.33. The molecule has 20 heavy (non-hydrogen) atoms. The number of aromatic nitrogens is 1. The molecule has 0 saturated heterocycles. The molecule has 0 saturated carbocycles. The Kier molecular flexibility index (Phi) is 4.19. The van der Waals surface area contributed by atoms with E-state index in [9.17, 15) is 0 Å². The molecule has 0 N–H and O–H groups in total. The normalized spacial score (nSPS) is 10.8. The number of rotatable bonds is 5. The molecular formula is C16H15ClN2S. The summed E-state index contributed by atoms with van der Waals surface area (Å²) in [4.78, 5) is 6.96. The van der Waals surface area contributed by atoms with Gasteiger partial charge in [0.25, 0.3) is 0 Å². The quantitative estimate of drug-likeness (QED) is 0.643. The number of halogens is 1. The van der Waals surface area contributed by atoms with Gasteiger partial charge in [0.1, 0.15) is 0 Å². The van der Waals surface area contributed by atoms with Crippen LogP contribution >= 0.6 is 22.9 Å². The van der Waals surface area contributed by atoms with Crippen molar-refractivity contribution in [3.8, 4) is 0 Å². The highest BCUT2D eigenvalue weighted by molar-refractivity contribution is 7.22. The number of para-hydroxylation sites is 1. The van der Waals surface area contributed by atoms with E-state index in [-0.39, 0.29) is 0 Å². The van der Waals surface area contributed by atoms with Gasteiger partial charge in [-0.1, -0.05) is 53.8 Å². The zero-order chi connectivity index (χ0) is 13.8. The van der Waals surface area contributed by atoms with Crippen molar-refractivity contribution in [3.05, 3.63) is 60.2 Å². The lowest BCUT2D eigenvalue weighted by Crippen LogP contribution is -2.24. The van der Waals surface area contributed by atoms with Gasteiger partial charge in [-0.15, -0.1) is 11.6 Å². The lowest BCUT2D eigenvalue weighted by Gasteiger charge is -2.20. The van der Waals surface area contributed by atoms with Gasteiger partial charge in [0, 0.05) is 19.0 Å². The van der Waals surface area contributed by atoms with Crippen molar-refractivity contribution >= 4 is 38.3 Å². The molecule has 0 unspecified atom stereocenters. The van der Waals surface area contributed by atoms with Crippen LogP contribution < -0.4 is 4.90 Å². The van der Waals surface area contributed by atoms with Crippen LogP contribution in [0.4, 0.5) is 5.13 Å². The Labute approximate surface area is 127 Å². The fourth-order valence-corrected chi connectivity index (χ4v) is 3.34. The van der Waals surface area contributed by atoms with Crippen LogP contribution in [0.2, 0.25) is 0 Å². The predicted octanol–water partition coefficient (Wildman–Crippen LogP) is 4.54. The maximum Gasteiger partial charge on any atom is 0.186 e. The zero-order valence-corrected chi connectivity index (χ0v) is 12.6. The first-order valence-electron chi connectivity index (χ1n) is 6.57. The van der Waals surface area contributed by atoms with Crippen molar-refractivity contribution in [2.75, 3.05) is 17.3 Å². The Hall–Kier alpha value is -1.58. The number of nitrogens with zero attached hydrogens (tertiary/aromatic N) is 2. The molecular weight excluding hydrogens is 288 g/mol. The van der Waals surface area contributed by atoms with Gasteiger partial charge >= 0.3 is 0 Å². The minimum absolute atomic E-state index is 0.600. The second-order valence-electron chi connectivity index (χ2n) is 4.56. The molecule has 0 aliphatic rings. The van der Waals surface area contributed by atoms with E-state index in [2.05, 4.69) is 41.3 Å². The third-order valence-electron chi connectivity index (χ3n) is 3.12. The first-order chi connectivity index (χ1) is 9.86. The first kappa shape index (κ1) is 13.4. The fraction of sp³-hybridized carbons (Fsp3) is 0.188. The molecule has 3 rings (SSSR count). The van der Waals surface area contributed by atoms with Gasteiger partial charge in [-0.05, 0) is 17.7 Å². The minimum Gasteiger partial charge on any atom is -0.343 e. The van der Waals surface area contributed by atoms with Crippen LogP contribution in [0.3, 0.4) is 0 Å². The average molecular weight is 303 g/mol.